The van der Waals surface area contributed by atoms with Gasteiger partial charge in [0.25, 0.3) is 0 Å². The number of rotatable bonds is 6. The molecule has 140 valence electrons. The van der Waals surface area contributed by atoms with Crippen molar-refractivity contribution in [2.45, 2.75) is 12.5 Å². The van der Waals surface area contributed by atoms with Gasteiger partial charge in [0.05, 0.1) is 14.3 Å². The average Bonchev–Trinajstić information content (AvgIpc) is 2.53. The summed E-state index contributed by atoms with van der Waals surface area (Å²) >= 11 is 12.5. The zero-order valence-electron chi connectivity index (χ0n) is 12.5. The Labute approximate surface area is 232 Å². The monoisotopic (exact) mass is 1030 g/mol. The molecule has 0 radical (unpaired) electrons. The fraction of sp³-hybridized carbons (Fsp3) is 0.133. The van der Waals surface area contributed by atoms with E-state index in [1.54, 1.807) is 13.5 Å². The Balaban J connectivity index is 2.31. The molecule has 0 unspecified atom stereocenters. The summed E-state index contributed by atoms with van der Waals surface area (Å²) < 4.78 is 10.9. The normalized spacial score (nSPS) is 12.3. The van der Waals surface area contributed by atoms with Crippen LogP contribution in [0.25, 0.3) is 0 Å². The Morgan fingerprint density at radius 3 is 1.92 bits per heavy atom. The standard InChI is InChI=1S/C15H9I6NO4/c16-8-4-7(5-9(17)13(8)23)26-14-10(18)1-6(2-11(14)19)3-12(15(24)25)22(20)21/h1-2,4-5,12,23H,3H2,(H,24,25)/t12-/m0/s1. The number of aromatic hydroxyl groups is 1. The van der Waals surface area contributed by atoms with Gasteiger partial charge in [0.2, 0.25) is 0 Å². The summed E-state index contributed by atoms with van der Waals surface area (Å²) in [4.78, 5) is 11.4. The van der Waals surface area contributed by atoms with Crippen LogP contribution in [0.15, 0.2) is 24.3 Å². The van der Waals surface area contributed by atoms with Gasteiger partial charge < -0.3 is 14.9 Å². The molecule has 5 nitrogen and oxygen atoms in total. The molecular formula is C15H9I6NO4. The molecule has 0 amide bonds. The first kappa shape index (κ1) is 24.1. The SMILES string of the molecule is O=C(O)[C@H](Cc1cc(I)c(Oc2cc(I)c(O)c(I)c2)c(I)c1)N(I)I. The molecular weight excluding hydrogens is 1020 g/mol. The van der Waals surface area contributed by atoms with E-state index < -0.39 is 12.0 Å². The Kier molecular flexibility index (Phi) is 9.98. The van der Waals surface area contributed by atoms with Crippen molar-refractivity contribution < 1.29 is 19.7 Å². The van der Waals surface area contributed by atoms with Crippen molar-refractivity contribution in [2.24, 2.45) is 0 Å². The minimum absolute atomic E-state index is 0.250. The molecule has 0 aliphatic heterocycles. The van der Waals surface area contributed by atoms with Crippen LogP contribution in [0.2, 0.25) is 0 Å². The topological polar surface area (TPSA) is 70.0 Å². The summed E-state index contributed by atoms with van der Waals surface area (Å²) in [7, 11) is 0. The molecule has 0 aliphatic rings. The van der Waals surface area contributed by atoms with Gasteiger partial charge in [-0.25, -0.2) is 0 Å². The predicted molar refractivity (Wildman–Crippen MR) is 150 cm³/mol. The van der Waals surface area contributed by atoms with Crippen LogP contribution in [-0.4, -0.2) is 23.6 Å². The number of hydrogen-bond donors (Lipinski definition) is 2. The number of phenolic OH excluding ortho intramolecular Hbond substituents is 1. The molecule has 1 atom stereocenters. The third kappa shape index (κ3) is 6.42. The summed E-state index contributed by atoms with van der Waals surface area (Å²) in [6, 6.07) is 6.85. The minimum atomic E-state index is -0.854. The molecule has 11 heteroatoms. The average molecular weight is 1030 g/mol. The molecule has 2 rings (SSSR count). The maximum Gasteiger partial charge on any atom is 0.322 e. The molecule has 0 saturated heterocycles. The Morgan fingerprint density at radius 2 is 1.50 bits per heavy atom. The van der Waals surface area contributed by atoms with Crippen molar-refractivity contribution in [3.63, 3.8) is 0 Å². The molecule has 0 fully saturated rings. The van der Waals surface area contributed by atoms with Crippen LogP contribution in [0.5, 0.6) is 17.2 Å². The summed E-state index contributed by atoms with van der Waals surface area (Å²) in [5.74, 6) is 0.766. The van der Waals surface area contributed by atoms with E-state index in [0.29, 0.717) is 12.2 Å². The highest BCUT2D eigenvalue weighted by Gasteiger charge is 2.24. The molecule has 2 aromatic carbocycles. The molecule has 0 saturated carbocycles. The molecule has 0 spiro atoms. The van der Waals surface area contributed by atoms with Crippen molar-refractivity contribution in [1.82, 2.24) is 1.33 Å². The first-order valence-corrected chi connectivity index (χ1v) is 13.0. The minimum Gasteiger partial charge on any atom is -0.506 e. The largest absolute Gasteiger partial charge is 0.506 e. The first-order chi connectivity index (χ1) is 12.1. The second-order valence-corrected chi connectivity index (χ2v) is 13.6. The summed E-state index contributed by atoms with van der Waals surface area (Å²) in [6.07, 6.45) is 0.405. The molecule has 2 aromatic rings. The van der Waals surface area contributed by atoms with Gasteiger partial charge in [0.1, 0.15) is 17.5 Å². The van der Waals surface area contributed by atoms with Crippen LogP contribution < -0.4 is 4.74 Å². The van der Waals surface area contributed by atoms with E-state index >= 15 is 0 Å². The number of carboxylic acids is 1. The van der Waals surface area contributed by atoms with Crippen LogP contribution >= 0.6 is 136 Å². The number of aliphatic carboxylic acids is 1. The lowest BCUT2D eigenvalue weighted by molar-refractivity contribution is -0.139. The third-order valence-electron chi connectivity index (χ3n) is 3.22. The highest BCUT2D eigenvalue weighted by Crippen LogP contribution is 2.37. The molecule has 26 heavy (non-hydrogen) atoms. The van der Waals surface area contributed by atoms with Gasteiger partial charge in [-0.15, -0.1) is 0 Å². The van der Waals surface area contributed by atoms with Gasteiger partial charge in [-0.2, -0.15) is 1.33 Å². The number of hydrogen-bond acceptors (Lipinski definition) is 4. The fourth-order valence-electron chi connectivity index (χ4n) is 2.01. The second kappa shape index (κ2) is 10.8. The van der Waals surface area contributed by atoms with Crippen LogP contribution in [-0.2, 0) is 11.2 Å². The number of halogens is 6. The summed E-state index contributed by atoms with van der Waals surface area (Å²) in [6.45, 7) is 0. The van der Waals surface area contributed by atoms with Crippen molar-refractivity contribution in [2.75, 3.05) is 0 Å². The van der Waals surface area contributed by atoms with E-state index in [1.807, 2.05) is 57.9 Å². The molecule has 0 heterocycles. The molecule has 0 bridgehead atoms. The Hall–Kier alpha value is 1.85. The highest BCUT2D eigenvalue weighted by molar-refractivity contribution is 14.2. The fourth-order valence-corrected chi connectivity index (χ4v) is 6.71. The van der Waals surface area contributed by atoms with Gasteiger partial charge >= 0.3 is 5.97 Å². The predicted octanol–water partition coefficient (Wildman–Crippen LogP) is 6.60. The van der Waals surface area contributed by atoms with E-state index in [4.69, 9.17) is 4.74 Å². The first-order valence-electron chi connectivity index (χ1n) is 6.77. The van der Waals surface area contributed by atoms with E-state index in [9.17, 15) is 15.0 Å². The lowest BCUT2D eigenvalue weighted by atomic mass is 10.1. The number of phenols is 1. The van der Waals surface area contributed by atoms with Gasteiger partial charge in [-0.05, 0) is 120 Å². The van der Waals surface area contributed by atoms with E-state index in [1.165, 1.54) is 0 Å². The van der Waals surface area contributed by atoms with Gasteiger partial charge in [-0.1, -0.05) is 0 Å². The van der Waals surface area contributed by atoms with Gasteiger partial charge in [0.15, 0.2) is 5.75 Å². The lowest BCUT2D eigenvalue weighted by Gasteiger charge is -2.18. The van der Waals surface area contributed by atoms with Gasteiger partial charge in [0, 0.05) is 52.1 Å². The summed E-state index contributed by atoms with van der Waals surface area (Å²) in [5, 5.41) is 19.3. The van der Waals surface area contributed by atoms with E-state index in [-0.39, 0.29) is 5.75 Å². The maximum atomic E-state index is 11.4. The zero-order chi connectivity index (χ0) is 19.6. The quantitative estimate of drug-likeness (QED) is 0.253. The number of nitrogens with zero attached hydrogens (tertiary/aromatic N) is 1. The Bertz CT molecular complexity index is 799. The van der Waals surface area contributed by atoms with Gasteiger partial charge in [-0.3, -0.25) is 4.79 Å². The van der Waals surface area contributed by atoms with Crippen LogP contribution in [0, 0.1) is 14.3 Å². The Morgan fingerprint density at radius 1 is 1.00 bits per heavy atom. The zero-order valence-corrected chi connectivity index (χ0v) is 25.5. The number of ether oxygens (including phenoxy) is 1. The number of benzene rings is 2. The summed E-state index contributed by atoms with van der Waals surface area (Å²) in [5.41, 5.74) is 0.937. The van der Waals surface area contributed by atoms with E-state index in [2.05, 4.69) is 90.4 Å². The number of carbonyl (C=O) groups is 1. The second-order valence-electron chi connectivity index (χ2n) is 5.04. The van der Waals surface area contributed by atoms with Crippen LogP contribution in [0.4, 0.5) is 0 Å². The number of carboxylic acid groups (broad SMARTS) is 1. The third-order valence-corrected chi connectivity index (χ3v) is 7.81. The molecule has 0 aromatic heterocycles. The van der Waals surface area contributed by atoms with Crippen molar-refractivity contribution in [1.29, 1.82) is 0 Å². The van der Waals surface area contributed by atoms with Crippen molar-refractivity contribution >= 4 is 142 Å². The maximum absolute atomic E-state index is 11.4. The van der Waals surface area contributed by atoms with Crippen molar-refractivity contribution in [3.8, 4) is 17.2 Å². The molecule has 0 aliphatic carbocycles. The van der Waals surface area contributed by atoms with Crippen LogP contribution in [0.3, 0.4) is 0 Å². The smallest absolute Gasteiger partial charge is 0.322 e. The molecule has 2 N–H and O–H groups in total. The highest BCUT2D eigenvalue weighted by atomic mass is 127. The van der Waals surface area contributed by atoms with E-state index in [0.717, 1.165) is 25.6 Å². The van der Waals surface area contributed by atoms with Crippen molar-refractivity contribution in [3.05, 3.63) is 44.1 Å². The lowest BCUT2D eigenvalue weighted by Crippen LogP contribution is -2.30. The van der Waals surface area contributed by atoms with Crippen LogP contribution in [0.1, 0.15) is 5.56 Å².